The van der Waals surface area contributed by atoms with E-state index in [4.69, 9.17) is 16.6 Å². The molecule has 0 saturated heterocycles. The van der Waals surface area contributed by atoms with E-state index in [-0.39, 0.29) is 0 Å². The molecule has 0 fully saturated rings. The van der Waals surface area contributed by atoms with Gasteiger partial charge in [0.05, 0.1) is 10.5 Å². The number of nitrogens with zero attached hydrogens (tertiary/aromatic N) is 1. The number of aromatic nitrogens is 1. The van der Waals surface area contributed by atoms with Crippen LogP contribution in [0.4, 0.5) is 5.82 Å². The molecule has 3 heteroatoms. The van der Waals surface area contributed by atoms with E-state index in [1.54, 1.807) is 0 Å². The van der Waals surface area contributed by atoms with Crippen molar-refractivity contribution in [1.82, 2.24) is 4.98 Å². The summed E-state index contributed by atoms with van der Waals surface area (Å²) in [4.78, 5) is 4.75. The van der Waals surface area contributed by atoms with Crippen LogP contribution in [0.15, 0.2) is 18.2 Å². The lowest BCUT2D eigenvalue weighted by molar-refractivity contribution is 0.906. The zero-order chi connectivity index (χ0) is 13.8. The van der Waals surface area contributed by atoms with Crippen LogP contribution in [0.1, 0.15) is 37.8 Å². The summed E-state index contributed by atoms with van der Waals surface area (Å²) < 4.78 is 0. The predicted octanol–water partition coefficient (Wildman–Crippen LogP) is 4.97. The smallest absolute Gasteiger partial charge is 0.129 e. The molecule has 0 unspecified atom stereocenters. The first-order valence-corrected chi connectivity index (χ1v) is 7.37. The highest BCUT2D eigenvalue weighted by atomic mass is 35.5. The van der Waals surface area contributed by atoms with Gasteiger partial charge in [-0.3, -0.25) is 0 Å². The summed E-state index contributed by atoms with van der Waals surface area (Å²) in [5, 5.41) is 5.31. The Hall–Kier alpha value is -1.28. The average Bonchev–Trinajstić information content (AvgIpc) is 2.41. The Morgan fingerprint density at radius 1 is 1.21 bits per heavy atom. The summed E-state index contributed by atoms with van der Waals surface area (Å²) in [5.41, 5.74) is 3.42. The maximum Gasteiger partial charge on any atom is 0.129 e. The maximum atomic E-state index is 6.27. The number of nitrogens with one attached hydrogen (secondary N) is 1. The Bertz CT molecular complexity index is 578. The van der Waals surface area contributed by atoms with Crippen molar-refractivity contribution in [1.29, 1.82) is 0 Å². The van der Waals surface area contributed by atoms with Gasteiger partial charge in [0.1, 0.15) is 5.82 Å². The molecule has 2 aromatic rings. The van der Waals surface area contributed by atoms with Crippen molar-refractivity contribution < 1.29 is 0 Å². The van der Waals surface area contributed by atoms with Gasteiger partial charge in [0.2, 0.25) is 0 Å². The van der Waals surface area contributed by atoms with E-state index >= 15 is 0 Å². The summed E-state index contributed by atoms with van der Waals surface area (Å²) >= 11 is 6.27. The van der Waals surface area contributed by atoms with Gasteiger partial charge in [0, 0.05) is 11.9 Å². The Labute approximate surface area is 120 Å². The molecule has 1 aromatic carbocycles. The summed E-state index contributed by atoms with van der Waals surface area (Å²) in [5.74, 6) is 0.990. The number of hydrogen-bond donors (Lipinski definition) is 1. The van der Waals surface area contributed by atoms with Crippen LogP contribution in [0.5, 0.6) is 0 Å². The van der Waals surface area contributed by atoms with E-state index < -0.39 is 0 Å². The zero-order valence-corrected chi connectivity index (χ0v) is 12.6. The lowest BCUT2D eigenvalue weighted by Crippen LogP contribution is -2.06. The third-order valence-corrected chi connectivity index (χ3v) is 3.60. The van der Waals surface area contributed by atoms with E-state index in [0.717, 1.165) is 47.6 Å². The molecule has 0 aliphatic heterocycles. The fourth-order valence-corrected chi connectivity index (χ4v) is 2.47. The van der Waals surface area contributed by atoms with Gasteiger partial charge >= 0.3 is 0 Å². The molecule has 0 spiro atoms. The van der Waals surface area contributed by atoms with Crippen molar-refractivity contribution in [3.63, 3.8) is 0 Å². The SMILES string of the molecule is CCCNc1nc2c(Cl)ccc(C)c2cc1CCC. The Kier molecular flexibility index (Phi) is 4.65. The Morgan fingerprint density at radius 2 is 2.00 bits per heavy atom. The fourth-order valence-electron chi connectivity index (χ4n) is 2.26. The van der Waals surface area contributed by atoms with Crippen molar-refractivity contribution in [3.05, 3.63) is 34.3 Å². The normalized spacial score (nSPS) is 10.9. The molecule has 0 aliphatic carbocycles. The summed E-state index contributed by atoms with van der Waals surface area (Å²) in [7, 11) is 0. The minimum Gasteiger partial charge on any atom is -0.370 e. The van der Waals surface area contributed by atoms with E-state index in [0.29, 0.717) is 0 Å². The van der Waals surface area contributed by atoms with Gasteiger partial charge in [0.25, 0.3) is 0 Å². The molecule has 19 heavy (non-hydrogen) atoms. The van der Waals surface area contributed by atoms with Crippen molar-refractivity contribution in [2.75, 3.05) is 11.9 Å². The minimum atomic E-state index is 0.725. The second-order valence-electron chi connectivity index (χ2n) is 4.93. The first-order chi connectivity index (χ1) is 9.17. The van der Waals surface area contributed by atoms with Gasteiger partial charge < -0.3 is 5.32 Å². The summed E-state index contributed by atoms with van der Waals surface area (Å²) in [6, 6.07) is 6.22. The molecule has 2 rings (SSSR count). The molecular weight excluding hydrogens is 256 g/mol. The summed E-state index contributed by atoms with van der Waals surface area (Å²) in [6.45, 7) is 7.40. The topological polar surface area (TPSA) is 24.9 Å². The molecule has 1 N–H and O–H groups in total. The van der Waals surface area contributed by atoms with Crippen LogP contribution in [0, 0.1) is 6.92 Å². The highest BCUT2D eigenvalue weighted by Gasteiger charge is 2.10. The van der Waals surface area contributed by atoms with Gasteiger partial charge in [0.15, 0.2) is 0 Å². The quantitative estimate of drug-likeness (QED) is 0.834. The number of halogens is 1. The minimum absolute atomic E-state index is 0.725. The highest BCUT2D eigenvalue weighted by Crippen LogP contribution is 2.29. The van der Waals surface area contributed by atoms with Crippen LogP contribution < -0.4 is 5.32 Å². The highest BCUT2D eigenvalue weighted by molar-refractivity contribution is 6.35. The number of hydrogen-bond acceptors (Lipinski definition) is 2. The lowest BCUT2D eigenvalue weighted by atomic mass is 10.0. The average molecular weight is 277 g/mol. The first-order valence-electron chi connectivity index (χ1n) is 7.00. The number of rotatable bonds is 5. The van der Waals surface area contributed by atoms with Crippen LogP contribution >= 0.6 is 11.6 Å². The van der Waals surface area contributed by atoms with Crippen LogP contribution in [0.25, 0.3) is 10.9 Å². The number of fused-ring (bicyclic) bond motifs is 1. The Balaban J connectivity index is 2.58. The van der Waals surface area contributed by atoms with E-state index in [2.05, 4.69) is 38.2 Å². The van der Waals surface area contributed by atoms with E-state index in [1.807, 2.05) is 6.07 Å². The fraction of sp³-hybridized carbons (Fsp3) is 0.438. The van der Waals surface area contributed by atoms with Crippen molar-refractivity contribution >= 4 is 28.3 Å². The van der Waals surface area contributed by atoms with Crippen molar-refractivity contribution in [3.8, 4) is 0 Å². The molecule has 0 saturated carbocycles. The summed E-state index contributed by atoms with van der Waals surface area (Å²) in [6.07, 6.45) is 3.25. The maximum absolute atomic E-state index is 6.27. The third-order valence-electron chi connectivity index (χ3n) is 3.29. The molecule has 0 amide bonds. The third kappa shape index (κ3) is 3.01. The number of anilines is 1. The van der Waals surface area contributed by atoms with Crippen LogP contribution in [0.3, 0.4) is 0 Å². The van der Waals surface area contributed by atoms with Crippen LogP contribution in [-0.2, 0) is 6.42 Å². The van der Waals surface area contributed by atoms with Gasteiger partial charge in [-0.2, -0.15) is 0 Å². The molecule has 2 nitrogen and oxygen atoms in total. The largest absolute Gasteiger partial charge is 0.370 e. The molecule has 1 heterocycles. The Morgan fingerprint density at radius 3 is 2.68 bits per heavy atom. The number of pyridine rings is 1. The van der Waals surface area contributed by atoms with Gasteiger partial charge in [-0.1, -0.05) is 37.9 Å². The lowest BCUT2D eigenvalue weighted by Gasteiger charge is -2.13. The standard InChI is InChI=1S/C16H21ClN2/c1-4-6-12-10-13-11(3)7-8-14(17)15(13)19-16(12)18-9-5-2/h7-8,10H,4-6,9H2,1-3H3,(H,18,19). The van der Waals surface area contributed by atoms with E-state index in [1.165, 1.54) is 11.1 Å². The van der Waals surface area contributed by atoms with Crippen LogP contribution in [0.2, 0.25) is 5.02 Å². The zero-order valence-electron chi connectivity index (χ0n) is 11.9. The predicted molar refractivity (Wildman–Crippen MR) is 84.3 cm³/mol. The molecule has 102 valence electrons. The van der Waals surface area contributed by atoms with Crippen molar-refractivity contribution in [2.45, 2.75) is 40.0 Å². The van der Waals surface area contributed by atoms with Gasteiger partial charge in [-0.25, -0.2) is 4.98 Å². The number of benzene rings is 1. The van der Waals surface area contributed by atoms with Crippen molar-refractivity contribution in [2.24, 2.45) is 0 Å². The molecule has 0 atom stereocenters. The molecule has 1 aromatic heterocycles. The van der Waals surface area contributed by atoms with Gasteiger partial charge in [-0.15, -0.1) is 0 Å². The second kappa shape index (κ2) is 6.25. The molecule has 0 aliphatic rings. The van der Waals surface area contributed by atoms with E-state index in [9.17, 15) is 0 Å². The van der Waals surface area contributed by atoms with Gasteiger partial charge in [-0.05, 0) is 43.0 Å². The second-order valence-corrected chi connectivity index (χ2v) is 5.34. The van der Waals surface area contributed by atoms with Crippen LogP contribution in [-0.4, -0.2) is 11.5 Å². The molecular formula is C16H21ClN2. The first kappa shape index (κ1) is 14.1. The molecule has 0 bridgehead atoms. The monoisotopic (exact) mass is 276 g/mol. The molecule has 0 radical (unpaired) electrons. The number of aryl methyl sites for hydroxylation is 2.